The lowest BCUT2D eigenvalue weighted by molar-refractivity contribution is 0.0993. The first kappa shape index (κ1) is 14.9. The minimum absolute atomic E-state index is 0.0245. The maximum atomic E-state index is 12.4. The van der Waals surface area contributed by atoms with E-state index in [0.29, 0.717) is 11.1 Å². The number of aromatic hydroxyl groups is 1. The number of hydrogen-bond donors (Lipinski definition) is 1. The maximum Gasteiger partial charge on any atom is 0.167 e. The van der Waals surface area contributed by atoms with E-state index >= 15 is 0 Å². The van der Waals surface area contributed by atoms with E-state index in [9.17, 15) is 9.90 Å². The second-order valence-corrected chi connectivity index (χ2v) is 5.88. The first-order valence-electron chi connectivity index (χ1n) is 6.73. The number of Topliss-reactive ketones (excluding diaryl/α,β-unsaturated/α-hetero) is 1. The molecule has 3 rings (SSSR count). The minimum Gasteiger partial charge on any atom is -0.505 e. The van der Waals surface area contributed by atoms with Crippen LogP contribution in [0.4, 0.5) is 0 Å². The summed E-state index contributed by atoms with van der Waals surface area (Å²) < 4.78 is 0. The number of phenols is 1. The van der Waals surface area contributed by atoms with Crippen molar-refractivity contribution in [2.75, 3.05) is 0 Å². The van der Waals surface area contributed by atoms with Gasteiger partial charge in [0.1, 0.15) is 0 Å². The van der Waals surface area contributed by atoms with Gasteiger partial charge >= 0.3 is 0 Å². The summed E-state index contributed by atoms with van der Waals surface area (Å²) in [5.41, 5.74) is 1.31. The Hall–Kier alpha value is -2.03. The van der Waals surface area contributed by atoms with Gasteiger partial charge in [-0.2, -0.15) is 0 Å². The number of halogens is 2. The van der Waals surface area contributed by atoms with Crippen molar-refractivity contribution in [3.63, 3.8) is 0 Å². The number of fused-ring (bicyclic) bond motifs is 1. The predicted octanol–water partition coefficient (Wildman–Crippen LogP) is 5.28. The lowest BCUT2D eigenvalue weighted by atomic mass is 10.00. The van der Waals surface area contributed by atoms with Gasteiger partial charge in [-0.25, -0.2) is 0 Å². The fourth-order valence-corrected chi connectivity index (χ4v) is 2.90. The number of carbonyl (C=O) groups is 1. The van der Waals surface area contributed by atoms with Crippen LogP contribution in [0, 0.1) is 0 Å². The Labute approximate surface area is 137 Å². The van der Waals surface area contributed by atoms with Gasteiger partial charge < -0.3 is 5.11 Å². The summed E-state index contributed by atoms with van der Waals surface area (Å²) in [7, 11) is 0. The molecule has 22 heavy (non-hydrogen) atoms. The van der Waals surface area contributed by atoms with Crippen molar-refractivity contribution in [2.45, 2.75) is 6.42 Å². The third-order valence-corrected chi connectivity index (χ3v) is 4.09. The zero-order chi connectivity index (χ0) is 15.7. The van der Waals surface area contributed by atoms with Crippen LogP contribution < -0.4 is 0 Å². The number of rotatable bonds is 3. The van der Waals surface area contributed by atoms with E-state index in [-0.39, 0.29) is 28.0 Å². The molecule has 0 aliphatic carbocycles. The molecule has 0 aliphatic heterocycles. The maximum absolute atomic E-state index is 12.4. The van der Waals surface area contributed by atoms with Crippen molar-refractivity contribution in [2.24, 2.45) is 0 Å². The second kappa shape index (κ2) is 5.99. The van der Waals surface area contributed by atoms with Crippen LogP contribution in [0.3, 0.4) is 0 Å². The molecule has 110 valence electrons. The van der Waals surface area contributed by atoms with Crippen LogP contribution in [0.2, 0.25) is 10.0 Å². The Morgan fingerprint density at radius 3 is 2.23 bits per heavy atom. The van der Waals surface area contributed by atoms with Gasteiger partial charge in [0, 0.05) is 12.0 Å². The van der Waals surface area contributed by atoms with Gasteiger partial charge in [0.15, 0.2) is 11.5 Å². The molecule has 0 aliphatic rings. The average molecular weight is 331 g/mol. The normalized spacial score (nSPS) is 10.8. The molecule has 0 atom stereocenters. The van der Waals surface area contributed by atoms with Crippen molar-refractivity contribution in [1.82, 2.24) is 0 Å². The third-order valence-electron chi connectivity index (χ3n) is 3.51. The highest BCUT2D eigenvalue weighted by Crippen LogP contribution is 2.33. The SMILES string of the molecule is O=C(Cc1cc(Cl)c(O)c(Cl)c1)c1ccc2ccccc2c1. The Balaban J connectivity index is 1.90. The molecular weight excluding hydrogens is 319 g/mol. The van der Waals surface area contributed by atoms with Crippen LogP contribution in [-0.4, -0.2) is 10.9 Å². The Bertz CT molecular complexity index is 849. The quantitative estimate of drug-likeness (QED) is 0.663. The number of phenolic OH excluding ortho intramolecular Hbond substituents is 1. The summed E-state index contributed by atoms with van der Waals surface area (Å²) in [6.07, 6.45) is 0.179. The first-order valence-corrected chi connectivity index (χ1v) is 7.49. The van der Waals surface area contributed by atoms with Gasteiger partial charge in [0.2, 0.25) is 0 Å². The van der Waals surface area contributed by atoms with Gasteiger partial charge in [-0.1, -0.05) is 59.6 Å². The lowest BCUT2D eigenvalue weighted by Crippen LogP contribution is -2.03. The largest absolute Gasteiger partial charge is 0.505 e. The number of benzene rings is 3. The van der Waals surface area contributed by atoms with Crippen LogP contribution in [0.1, 0.15) is 15.9 Å². The Morgan fingerprint density at radius 2 is 1.55 bits per heavy atom. The fourth-order valence-electron chi connectivity index (χ4n) is 2.37. The van der Waals surface area contributed by atoms with Crippen molar-refractivity contribution >= 4 is 39.8 Å². The van der Waals surface area contributed by atoms with E-state index < -0.39 is 0 Å². The summed E-state index contributed by atoms with van der Waals surface area (Å²) in [6, 6.07) is 16.6. The molecule has 0 radical (unpaired) electrons. The average Bonchev–Trinajstić information content (AvgIpc) is 2.52. The highest BCUT2D eigenvalue weighted by atomic mass is 35.5. The van der Waals surface area contributed by atoms with Gasteiger partial charge in [-0.15, -0.1) is 0 Å². The van der Waals surface area contributed by atoms with Crippen LogP contribution in [-0.2, 0) is 6.42 Å². The zero-order valence-corrected chi connectivity index (χ0v) is 13.0. The van der Waals surface area contributed by atoms with Crippen LogP contribution in [0.25, 0.3) is 10.8 Å². The van der Waals surface area contributed by atoms with Crippen molar-refractivity contribution in [3.8, 4) is 5.75 Å². The Kier molecular flexibility index (Phi) is 4.06. The van der Waals surface area contributed by atoms with Crippen molar-refractivity contribution < 1.29 is 9.90 Å². The molecule has 0 unspecified atom stereocenters. The Morgan fingerprint density at radius 1 is 0.909 bits per heavy atom. The molecule has 3 aromatic carbocycles. The van der Waals surface area contributed by atoms with E-state index in [1.54, 1.807) is 12.1 Å². The summed E-state index contributed by atoms with van der Waals surface area (Å²) >= 11 is 11.8. The van der Waals surface area contributed by atoms with Crippen LogP contribution in [0.15, 0.2) is 54.6 Å². The van der Waals surface area contributed by atoms with Gasteiger partial charge in [-0.3, -0.25) is 4.79 Å². The highest BCUT2D eigenvalue weighted by molar-refractivity contribution is 6.37. The zero-order valence-electron chi connectivity index (χ0n) is 11.5. The molecule has 0 spiro atoms. The third kappa shape index (κ3) is 2.94. The summed E-state index contributed by atoms with van der Waals surface area (Å²) in [6.45, 7) is 0. The van der Waals surface area contributed by atoms with E-state index in [1.165, 1.54) is 0 Å². The monoisotopic (exact) mass is 330 g/mol. The molecule has 0 saturated carbocycles. The van der Waals surface area contributed by atoms with E-state index in [2.05, 4.69) is 0 Å². The molecule has 0 heterocycles. The molecular formula is C18H12Cl2O2. The molecule has 0 amide bonds. The standard InChI is InChI=1S/C18H12Cl2O2/c19-15-7-11(8-16(20)18(15)22)9-17(21)14-6-5-12-3-1-2-4-13(12)10-14/h1-8,10,22H,9H2. The second-order valence-electron chi connectivity index (χ2n) is 5.07. The summed E-state index contributed by atoms with van der Waals surface area (Å²) in [5, 5.41) is 12.0. The summed E-state index contributed by atoms with van der Waals surface area (Å²) in [5.74, 6) is -0.186. The molecule has 2 nitrogen and oxygen atoms in total. The highest BCUT2D eigenvalue weighted by Gasteiger charge is 2.12. The van der Waals surface area contributed by atoms with E-state index in [4.69, 9.17) is 23.2 Å². The fraction of sp³-hybridized carbons (Fsp3) is 0.0556. The molecule has 0 bridgehead atoms. The molecule has 0 aromatic heterocycles. The van der Waals surface area contributed by atoms with E-state index in [1.807, 2.05) is 42.5 Å². The first-order chi connectivity index (χ1) is 10.5. The number of hydrogen-bond acceptors (Lipinski definition) is 2. The van der Waals surface area contributed by atoms with Gasteiger partial charge in [0.05, 0.1) is 10.0 Å². The van der Waals surface area contributed by atoms with Crippen molar-refractivity contribution in [3.05, 3.63) is 75.8 Å². The van der Waals surface area contributed by atoms with Gasteiger partial charge in [-0.05, 0) is 34.5 Å². The minimum atomic E-state index is -0.162. The van der Waals surface area contributed by atoms with Crippen LogP contribution >= 0.6 is 23.2 Å². The topological polar surface area (TPSA) is 37.3 Å². The predicted molar refractivity (Wildman–Crippen MR) is 90.1 cm³/mol. The van der Waals surface area contributed by atoms with Gasteiger partial charge in [0.25, 0.3) is 0 Å². The number of carbonyl (C=O) groups excluding carboxylic acids is 1. The molecule has 0 saturated heterocycles. The van der Waals surface area contributed by atoms with Crippen molar-refractivity contribution in [1.29, 1.82) is 0 Å². The molecule has 0 fully saturated rings. The summed E-state index contributed by atoms with van der Waals surface area (Å²) in [4.78, 5) is 12.4. The van der Waals surface area contributed by atoms with Crippen LogP contribution in [0.5, 0.6) is 5.75 Å². The molecule has 4 heteroatoms. The molecule has 1 N–H and O–H groups in total. The van der Waals surface area contributed by atoms with E-state index in [0.717, 1.165) is 10.8 Å². The molecule has 3 aromatic rings. The number of ketones is 1. The lowest BCUT2D eigenvalue weighted by Gasteiger charge is -2.06. The smallest absolute Gasteiger partial charge is 0.167 e.